The van der Waals surface area contributed by atoms with E-state index in [4.69, 9.17) is 9.94 Å². The molecule has 12 heteroatoms. The molecule has 0 spiro atoms. The Bertz CT molecular complexity index is 975. The zero-order valence-electron chi connectivity index (χ0n) is 18.7. The summed E-state index contributed by atoms with van der Waals surface area (Å²) in [6.45, 7) is 4.73. The average Bonchev–Trinajstić information content (AvgIpc) is 3.60. The van der Waals surface area contributed by atoms with E-state index in [0.29, 0.717) is 6.42 Å². The van der Waals surface area contributed by atoms with Crippen molar-refractivity contribution in [3.05, 3.63) is 29.8 Å². The third-order valence-corrected chi connectivity index (χ3v) is 7.69. The summed E-state index contributed by atoms with van der Waals surface area (Å²) in [5.41, 5.74) is 2.41. The van der Waals surface area contributed by atoms with Gasteiger partial charge < -0.3 is 15.0 Å². The fraction of sp³-hybridized carbons (Fsp3) is 0.571. The van der Waals surface area contributed by atoms with Crippen LogP contribution in [0.4, 0.5) is 0 Å². The molecule has 0 aliphatic carbocycles. The van der Waals surface area contributed by atoms with Gasteiger partial charge in [-0.3, -0.25) is 19.6 Å². The smallest absolute Gasteiger partial charge is 0.275 e. The molecule has 2 heterocycles. The van der Waals surface area contributed by atoms with Crippen LogP contribution in [0.2, 0.25) is 0 Å². The molecule has 2 fully saturated rings. The summed E-state index contributed by atoms with van der Waals surface area (Å²) in [7, 11) is -3.62. The number of nitrogens with zero attached hydrogens (tertiary/aromatic N) is 2. The summed E-state index contributed by atoms with van der Waals surface area (Å²) >= 11 is 0. The van der Waals surface area contributed by atoms with Gasteiger partial charge in [-0.2, -0.15) is 4.31 Å². The van der Waals surface area contributed by atoms with Crippen molar-refractivity contribution in [1.29, 1.82) is 0 Å². The molecule has 2 saturated heterocycles. The standard InChI is InChI=1S/C21H30N4O7S/c1-3-4-15(22-20(27)18-19(32-18)21(28)23-29)13-17(26)24-9-11-25(12-10-24)33(30,31)16-7-5-14(2)6-8-16/h5-8,15,18-19,29H,3-4,9-13H2,1-2H3,(H,22,27)(H,23,28)/t15?,18-,19-/m0/s1. The summed E-state index contributed by atoms with van der Waals surface area (Å²) in [6.07, 6.45) is -0.664. The normalized spacial score (nSPS) is 21.8. The van der Waals surface area contributed by atoms with Gasteiger partial charge in [0.25, 0.3) is 11.8 Å². The van der Waals surface area contributed by atoms with Gasteiger partial charge in [0.15, 0.2) is 12.2 Å². The fourth-order valence-corrected chi connectivity index (χ4v) is 5.23. The molecular weight excluding hydrogens is 452 g/mol. The van der Waals surface area contributed by atoms with Crippen LogP contribution >= 0.6 is 0 Å². The lowest BCUT2D eigenvalue weighted by Gasteiger charge is -2.34. The highest BCUT2D eigenvalue weighted by Gasteiger charge is 2.50. The Balaban J connectivity index is 1.52. The van der Waals surface area contributed by atoms with Crippen LogP contribution < -0.4 is 10.8 Å². The molecule has 0 radical (unpaired) electrons. The number of amides is 3. The van der Waals surface area contributed by atoms with Crippen molar-refractivity contribution in [3.8, 4) is 0 Å². The number of carbonyl (C=O) groups is 3. The van der Waals surface area contributed by atoms with E-state index < -0.39 is 40.1 Å². The maximum atomic E-state index is 12.8. The second kappa shape index (κ2) is 10.6. The molecule has 3 atom stereocenters. The van der Waals surface area contributed by atoms with E-state index in [-0.39, 0.29) is 43.4 Å². The van der Waals surface area contributed by atoms with Crippen LogP contribution in [0.25, 0.3) is 0 Å². The Morgan fingerprint density at radius 3 is 2.27 bits per heavy atom. The van der Waals surface area contributed by atoms with E-state index in [9.17, 15) is 22.8 Å². The first-order valence-electron chi connectivity index (χ1n) is 10.9. The molecule has 33 heavy (non-hydrogen) atoms. The van der Waals surface area contributed by atoms with Gasteiger partial charge >= 0.3 is 0 Å². The molecule has 3 amide bonds. The van der Waals surface area contributed by atoms with Crippen LogP contribution in [0, 0.1) is 6.92 Å². The van der Waals surface area contributed by atoms with Crippen molar-refractivity contribution in [2.75, 3.05) is 26.2 Å². The highest BCUT2D eigenvalue weighted by molar-refractivity contribution is 7.89. The number of ether oxygens (including phenoxy) is 1. The first-order valence-corrected chi connectivity index (χ1v) is 12.4. The fourth-order valence-electron chi connectivity index (χ4n) is 3.81. The average molecular weight is 483 g/mol. The molecular formula is C21H30N4O7S. The minimum atomic E-state index is -3.62. The number of aryl methyl sites for hydroxylation is 1. The Labute approximate surface area is 193 Å². The molecule has 1 aromatic carbocycles. The topological polar surface area (TPSA) is 149 Å². The lowest BCUT2D eigenvalue weighted by atomic mass is 10.1. The lowest BCUT2D eigenvalue weighted by Crippen LogP contribution is -2.51. The largest absolute Gasteiger partial charge is 0.350 e. The number of benzene rings is 1. The predicted octanol–water partition coefficient (Wildman–Crippen LogP) is -0.224. The summed E-state index contributed by atoms with van der Waals surface area (Å²) < 4.78 is 32.0. The highest BCUT2D eigenvalue weighted by Crippen LogP contribution is 2.23. The Kier molecular flexibility index (Phi) is 8.05. The van der Waals surface area contributed by atoms with E-state index in [2.05, 4.69) is 5.32 Å². The van der Waals surface area contributed by atoms with Gasteiger partial charge in [-0.05, 0) is 25.5 Å². The van der Waals surface area contributed by atoms with Crippen LogP contribution in [-0.4, -0.2) is 85.0 Å². The number of sulfonamides is 1. The van der Waals surface area contributed by atoms with Crippen molar-refractivity contribution >= 4 is 27.7 Å². The number of carbonyl (C=O) groups excluding carboxylic acids is 3. The summed E-state index contributed by atoms with van der Waals surface area (Å²) in [5, 5.41) is 11.4. The summed E-state index contributed by atoms with van der Waals surface area (Å²) in [5.74, 6) is -1.48. The molecule has 2 aliphatic rings. The number of hydrogen-bond acceptors (Lipinski definition) is 7. The molecule has 11 nitrogen and oxygen atoms in total. The first kappa shape index (κ1) is 25.1. The SMILES string of the molecule is CCCC(CC(=O)N1CCN(S(=O)(=O)c2ccc(C)cc2)CC1)NC(=O)[C@H]1O[C@@H]1C(=O)NO. The zero-order valence-corrected chi connectivity index (χ0v) is 19.5. The first-order chi connectivity index (χ1) is 15.7. The molecule has 0 bridgehead atoms. The van der Waals surface area contributed by atoms with Crippen LogP contribution in [0.1, 0.15) is 31.7 Å². The zero-order chi connectivity index (χ0) is 24.2. The maximum absolute atomic E-state index is 12.8. The van der Waals surface area contributed by atoms with E-state index in [1.165, 1.54) is 9.79 Å². The molecule has 2 aliphatic heterocycles. The molecule has 0 aromatic heterocycles. The number of hydrogen-bond donors (Lipinski definition) is 3. The number of rotatable bonds is 9. The third-order valence-electron chi connectivity index (χ3n) is 5.77. The molecule has 182 valence electrons. The number of hydroxylamine groups is 1. The van der Waals surface area contributed by atoms with Gasteiger partial charge in [0.1, 0.15) is 0 Å². The number of nitrogens with one attached hydrogen (secondary N) is 2. The lowest BCUT2D eigenvalue weighted by molar-refractivity contribution is -0.133. The quantitative estimate of drug-likeness (QED) is 0.250. The Morgan fingerprint density at radius 2 is 1.70 bits per heavy atom. The number of epoxide rings is 1. The van der Waals surface area contributed by atoms with Crippen molar-refractivity contribution in [2.45, 2.75) is 56.3 Å². The molecule has 0 saturated carbocycles. The second-order valence-corrected chi connectivity index (χ2v) is 10.2. The van der Waals surface area contributed by atoms with Gasteiger partial charge in [-0.25, -0.2) is 13.9 Å². The second-order valence-electron chi connectivity index (χ2n) is 8.25. The van der Waals surface area contributed by atoms with Crippen molar-refractivity contribution < 1.29 is 32.7 Å². The Hall–Kier alpha value is -2.54. The van der Waals surface area contributed by atoms with Gasteiger partial charge in [0, 0.05) is 38.6 Å². The van der Waals surface area contributed by atoms with Crippen LogP contribution in [-0.2, 0) is 29.1 Å². The van der Waals surface area contributed by atoms with Gasteiger partial charge in [0.2, 0.25) is 15.9 Å². The summed E-state index contributed by atoms with van der Waals surface area (Å²) in [4.78, 5) is 38.3. The van der Waals surface area contributed by atoms with Crippen LogP contribution in [0.15, 0.2) is 29.2 Å². The third kappa shape index (κ3) is 6.08. The van der Waals surface area contributed by atoms with Gasteiger partial charge in [-0.1, -0.05) is 31.0 Å². The van der Waals surface area contributed by atoms with E-state index in [1.807, 2.05) is 13.8 Å². The van der Waals surface area contributed by atoms with Crippen molar-refractivity contribution in [3.63, 3.8) is 0 Å². The Morgan fingerprint density at radius 1 is 1.09 bits per heavy atom. The number of piperazine rings is 1. The molecule has 1 aromatic rings. The van der Waals surface area contributed by atoms with E-state index in [0.717, 1.165) is 12.0 Å². The highest BCUT2D eigenvalue weighted by atomic mass is 32.2. The molecule has 3 rings (SSSR count). The monoisotopic (exact) mass is 482 g/mol. The maximum Gasteiger partial charge on any atom is 0.275 e. The van der Waals surface area contributed by atoms with Crippen LogP contribution in [0.5, 0.6) is 0 Å². The van der Waals surface area contributed by atoms with Crippen molar-refractivity contribution in [1.82, 2.24) is 20.0 Å². The molecule has 3 N–H and O–H groups in total. The van der Waals surface area contributed by atoms with E-state index >= 15 is 0 Å². The predicted molar refractivity (Wildman–Crippen MR) is 117 cm³/mol. The molecule has 1 unspecified atom stereocenters. The van der Waals surface area contributed by atoms with Crippen LogP contribution in [0.3, 0.4) is 0 Å². The minimum Gasteiger partial charge on any atom is -0.350 e. The van der Waals surface area contributed by atoms with Gasteiger partial charge in [0.05, 0.1) is 4.90 Å². The van der Waals surface area contributed by atoms with E-state index in [1.54, 1.807) is 29.2 Å². The summed E-state index contributed by atoms with van der Waals surface area (Å²) in [6, 6.07) is 6.23. The minimum absolute atomic E-state index is 0.0634. The van der Waals surface area contributed by atoms with Gasteiger partial charge in [-0.15, -0.1) is 0 Å². The van der Waals surface area contributed by atoms with Crippen molar-refractivity contribution in [2.24, 2.45) is 0 Å².